The standard InChI is InChI=1S/C25H32Cl2N2O3/c1-30-24-16-19(8-9-21(24)27)28-12-13-29-20(17-28)5-3-6-22(29)18-7-10-23(25(15-18)31-2)32-14-4-11-26/h7-10,15-16,20,22H,3-6,11-14,17H2,1-2H3/t20-,22+/m0/s1. The average molecular weight is 479 g/mol. The number of halogens is 2. The van der Waals surface area contributed by atoms with Gasteiger partial charge in [-0.25, -0.2) is 0 Å². The molecule has 7 heteroatoms. The normalized spacial score (nSPS) is 21.2. The van der Waals surface area contributed by atoms with Crippen LogP contribution < -0.4 is 19.1 Å². The number of hydrogen-bond acceptors (Lipinski definition) is 5. The molecule has 0 aliphatic carbocycles. The van der Waals surface area contributed by atoms with Gasteiger partial charge in [0, 0.05) is 49.4 Å². The van der Waals surface area contributed by atoms with E-state index in [4.69, 9.17) is 37.4 Å². The summed E-state index contributed by atoms with van der Waals surface area (Å²) in [5, 5.41) is 0.650. The number of anilines is 1. The number of benzene rings is 2. The van der Waals surface area contributed by atoms with E-state index in [1.54, 1.807) is 14.2 Å². The maximum Gasteiger partial charge on any atom is 0.161 e. The molecule has 2 atom stereocenters. The van der Waals surface area contributed by atoms with Crippen LogP contribution in [0.5, 0.6) is 17.2 Å². The van der Waals surface area contributed by atoms with Crippen LogP contribution in [0.25, 0.3) is 0 Å². The molecule has 0 radical (unpaired) electrons. The van der Waals surface area contributed by atoms with Crippen LogP contribution >= 0.6 is 23.2 Å². The molecule has 0 aromatic heterocycles. The first kappa shape index (κ1) is 23.3. The zero-order chi connectivity index (χ0) is 22.5. The van der Waals surface area contributed by atoms with Gasteiger partial charge in [0.1, 0.15) is 5.75 Å². The molecule has 0 bridgehead atoms. The molecule has 174 valence electrons. The number of methoxy groups -OCH3 is 2. The van der Waals surface area contributed by atoms with E-state index in [2.05, 4.69) is 28.0 Å². The zero-order valence-corrected chi connectivity index (χ0v) is 20.4. The molecule has 0 spiro atoms. The van der Waals surface area contributed by atoms with E-state index in [9.17, 15) is 0 Å². The van der Waals surface area contributed by atoms with Gasteiger partial charge in [0.25, 0.3) is 0 Å². The fraction of sp³-hybridized carbons (Fsp3) is 0.520. The van der Waals surface area contributed by atoms with Crippen molar-refractivity contribution in [3.05, 3.63) is 47.0 Å². The first-order valence-corrected chi connectivity index (χ1v) is 12.3. The Morgan fingerprint density at radius 3 is 2.59 bits per heavy atom. The molecule has 2 fully saturated rings. The molecule has 2 aliphatic rings. The summed E-state index contributed by atoms with van der Waals surface area (Å²) >= 11 is 12.0. The maximum absolute atomic E-state index is 6.23. The zero-order valence-electron chi connectivity index (χ0n) is 18.9. The molecule has 0 saturated carbocycles. The van der Waals surface area contributed by atoms with Crippen molar-refractivity contribution in [2.75, 3.05) is 51.2 Å². The van der Waals surface area contributed by atoms with Crippen molar-refractivity contribution in [3.63, 3.8) is 0 Å². The molecule has 0 amide bonds. The van der Waals surface area contributed by atoms with Gasteiger partial charge in [-0.3, -0.25) is 4.90 Å². The maximum atomic E-state index is 6.23. The van der Waals surface area contributed by atoms with E-state index in [0.29, 0.717) is 29.6 Å². The number of hydrogen-bond donors (Lipinski definition) is 0. The monoisotopic (exact) mass is 478 g/mol. The Hall–Kier alpha value is -1.82. The highest BCUT2D eigenvalue weighted by molar-refractivity contribution is 6.32. The predicted molar refractivity (Wildman–Crippen MR) is 131 cm³/mol. The molecular weight excluding hydrogens is 447 g/mol. The minimum atomic E-state index is 0.404. The van der Waals surface area contributed by atoms with Crippen LogP contribution in [-0.4, -0.2) is 57.3 Å². The second-order valence-electron chi connectivity index (χ2n) is 8.40. The number of alkyl halides is 1. The number of piperidine rings is 1. The lowest BCUT2D eigenvalue weighted by molar-refractivity contribution is 0.0715. The van der Waals surface area contributed by atoms with Gasteiger partial charge < -0.3 is 19.1 Å². The van der Waals surface area contributed by atoms with Crippen molar-refractivity contribution in [1.29, 1.82) is 0 Å². The Labute approximate surface area is 201 Å². The first-order chi connectivity index (χ1) is 15.6. The van der Waals surface area contributed by atoms with Crippen LogP contribution in [0.1, 0.15) is 37.3 Å². The van der Waals surface area contributed by atoms with E-state index in [1.807, 2.05) is 18.2 Å². The SMILES string of the molecule is COc1cc(N2CCN3[C@@H](CCC[C@@H]3c3ccc(OCCCCl)c(OC)c3)C2)ccc1Cl. The summed E-state index contributed by atoms with van der Waals surface area (Å²) in [6.45, 7) is 3.62. The number of piperazine rings is 1. The molecule has 5 nitrogen and oxygen atoms in total. The molecule has 0 unspecified atom stereocenters. The third-order valence-electron chi connectivity index (χ3n) is 6.55. The van der Waals surface area contributed by atoms with Crippen LogP contribution in [0.2, 0.25) is 5.02 Å². The van der Waals surface area contributed by atoms with Gasteiger partial charge in [0.15, 0.2) is 11.5 Å². The highest BCUT2D eigenvalue weighted by Crippen LogP contribution is 2.40. The third-order valence-corrected chi connectivity index (χ3v) is 7.13. The molecule has 4 rings (SSSR count). The Kier molecular flexibility index (Phi) is 7.93. The molecule has 2 saturated heterocycles. The lowest BCUT2D eigenvalue weighted by atomic mass is 9.89. The minimum Gasteiger partial charge on any atom is -0.495 e. The summed E-state index contributed by atoms with van der Waals surface area (Å²) in [5.41, 5.74) is 2.48. The second-order valence-corrected chi connectivity index (χ2v) is 9.19. The topological polar surface area (TPSA) is 34.2 Å². The highest BCUT2D eigenvalue weighted by Gasteiger charge is 2.36. The molecular formula is C25H32Cl2N2O3. The first-order valence-electron chi connectivity index (χ1n) is 11.4. The summed E-state index contributed by atoms with van der Waals surface area (Å²) in [5.74, 6) is 2.91. The Morgan fingerprint density at radius 2 is 1.81 bits per heavy atom. The van der Waals surface area contributed by atoms with Crippen molar-refractivity contribution in [2.45, 2.75) is 37.8 Å². The van der Waals surface area contributed by atoms with Gasteiger partial charge in [-0.1, -0.05) is 17.7 Å². The Morgan fingerprint density at radius 1 is 0.969 bits per heavy atom. The minimum absolute atomic E-state index is 0.404. The van der Waals surface area contributed by atoms with Crippen molar-refractivity contribution in [2.24, 2.45) is 0 Å². The summed E-state index contributed by atoms with van der Waals surface area (Å²) in [6.07, 6.45) is 4.43. The largest absolute Gasteiger partial charge is 0.495 e. The Bertz CT molecular complexity index is 911. The van der Waals surface area contributed by atoms with Crippen molar-refractivity contribution in [1.82, 2.24) is 4.90 Å². The van der Waals surface area contributed by atoms with Crippen LogP contribution in [0.15, 0.2) is 36.4 Å². The quantitative estimate of drug-likeness (QED) is 0.354. The van der Waals surface area contributed by atoms with Gasteiger partial charge >= 0.3 is 0 Å². The number of nitrogens with zero attached hydrogens (tertiary/aromatic N) is 2. The van der Waals surface area contributed by atoms with E-state index >= 15 is 0 Å². The van der Waals surface area contributed by atoms with Crippen molar-refractivity contribution >= 4 is 28.9 Å². The van der Waals surface area contributed by atoms with Crippen LogP contribution in [-0.2, 0) is 0 Å². The summed E-state index contributed by atoms with van der Waals surface area (Å²) in [6, 6.07) is 13.4. The van der Waals surface area contributed by atoms with Crippen molar-refractivity contribution in [3.8, 4) is 17.2 Å². The van der Waals surface area contributed by atoms with Gasteiger partial charge in [-0.2, -0.15) is 0 Å². The lowest BCUT2D eigenvalue weighted by Gasteiger charge is -2.49. The van der Waals surface area contributed by atoms with Crippen LogP contribution in [0.4, 0.5) is 5.69 Å². The molecule has 2 aliphatic heterocycles. The third kappa shape index (κ3) is 5.05. The van der Waals surface area contributed by atoms with E-state index in [0.717, 1.165) is 43.3 Å². The number of ether oxygens (including phenoxy) is 3. The molecule has 32 heavy (non-hydrogen) atoms. The second kappa shape index (κ2) is 10.9. The average Bonchev–Trinajstić information content (AvgIpc) is 2.84. The highest BCUT2D eigenvalue weighted by atomic mass is 35.5. The fourth-order valence-corrected chi connectivity index (χ4v) is 5.24. The van der Waals surface area contributed by atoms with Crippen LogP contribution in [0.3, 0.4) is 0 Å². The van der Waals surface area contributed by atoms with Gasteiger partial charge in [0.05, 0.1) is 25.8 Å². The molecule has 0 N–H and O–H groups in total. The number of rotatable bonds is 8. The fourth-order valence-electron chi connectivity index (χ4n) is 4.93. The van der Waals surface area contributed by atoms with E-state index in [-0.39, 0.29) is 0 Å². The van der Waals surface area contributed by atoms with Crippen molar-refractivity contribution < 1.29 is 14.2 Å². The van der Waals surface area contributed by atoms with E-state index < -0.39 is 0 Å². The van der Waals surface area contributed by atoms with Crippen LogP contribution in [0, 0.1) is 0 Å². The number of fused-ring (bicyclic) bond motifs is 1. The summed E-state index contributed by atoms with van der Waals surface area (Å²) in [4.78, 5) is 5.13. The summed E-state index contributed by atoms with van der Waals surface area (Å²) < 4.78 is 16.9. The van der Waals surface area contributed by atoms with E-state index in [1.165, 1.54) is 30.5 Å². The van der Waals surface area contributed by atoms with Gasteiger partial charge in [0.2, 0.25) is 0 Å². The smallest absolute Gasteiger partial charge is 0.161 e. The lowest BCUT2D eigenvalue weighted by Crippen LogP contribution is -2.55. The Balaban J connectivity index is 1.48. The summed E-state index contributed by atoms with van der Waals surface area (Å²) in [7, 11) is 3.37. The van der Waals surface area contributed by atoms with Gasteiger partial charge in [-0.05, 0) is 55.5 Å². The van der Waals surface area contributed by atoms with Gasteiger partial charge in [-0.15, -0.1) is 11.6 Å². The predicted octanol–water partition coefficient (Wildman–Crippen LogP) is 5.78. The molecule has 2 heterocycles. The molecule has 2 aromatic carbocycles. The molecule has 2 aromatic rings.